The summed E-state index contributed by atoms with van der Waals surface area (Å²) < 4.78 is 26.2. The third kappa shape index (κ3) is 2.68. The van der Waals surface area contributed by atoms with E-state index in [1.54, 1.807) is 14.0 Å². The molecular formula is C9H20N2O2S. The lowest BCUT2D eigenvalue weighted by Gasteiger charge is -2.14. The van der Waals surface area contributed by atoms with Gasteiger partial charge in [-0.05, 0) is 25.8 Å². The van der Waals surface area contributed by atoms with Gasteiger partial charge in [0.2, 0.25) is 10.0 Å². The van der Waals surface area contributed by atoms with Gasteiger partial charge in [-0.3, -0.25) is 0 Å². The number of hydrogen-bond acceptors (Lipinski definition) is 3. The van der Waals surface area contributed by atoms with Crippen molar-refractivity contribution < 1.29 is 8.42 Å². The second kappa shape index (κ2) is 3.79. The molecule has 0 aromatic heterocycles. The van der Waals surface area contributed by atoms with E-state index in [0.717, 1.165) is 6.42 Å². The molecule has 2 unspecified atom stereocenters. The van der Waals surface area contributed by atoms with Crippen LogP contribution in [0.5, 0.6) is 0 Å². The summed E-state index contributed by atoms with van der Waals surface area (Å²) in [5.74, 6) is 0. The summed E-state index contributed by atoms with van der Waals surface area (Å²) >= 11 is 0. The maximum atomic E-state index is 11.7. The summed E-state index contributed by atoms with van der Waals surface area (Å²) in [5, 5.41) is 2.50. The van der Waals surface area contributed by atoms with Gasteiger partial charge in [-0.2, -0.15) is 0 Å². The van der Waals surface area contributed by atoms with E-state index in [1.165, 1.54) is 0 Å². The number of sulfonamides is 1. The van der Waals surface area contributed by atoms with Gasteiger partial charge in [0.25, 0.3) is 0 Å². The van der Waals surface area contributed by atoms with Crippen LogP contribution in [0.1, 0.15) is 27.2 Å². The van der Waals surface area contributed by atoms with Gasteiger partial charge < -0.3 is 5.32 Å². The Morgan fingerprint density at radius 1 is 1.50 bits per heavy atom. The number of rotatable bonds is 5. The summed E-state index contributed by atoms with van der Waals surface area (Å²) in [5.41, 5.74) is 0.145. The summed E-state index contributed by atoms with van der Waals surface area (Å²) in [6.45, 7) is 6.35. The molecule has 1 saturated carbocycles. The maximum Gasteiger partial charge on any atom is 0.215 e. The second-order valence-electron chi connectivity index (χ2n) is 4.78. The molecular weight excluding hydrogens is 200 g/mol. The summed E-state index contributed by atoms with van der Waals surface area (Å²) in [6, 6.07) is 0.131. The molecule has 1 rings (SSSR count). The van der Waals surface area contributed by atoms with E-state index in [0.29, 0.717) is 6.54 Å². The summed E-state index contributed by atoms with van der Waals surface area (Å²) in [6.07, 6.45) is 0.943. The van der Waals surface area contributed by atoms with Crippen molar-refractivity contribution in [1.82, 2.24) is 10.0 Å². The SMILES string of the molecule is CNCC(C)S(=O)(=O)NC1CC1(C)C. The topological polar surface area (TPSA) is 58.2 Å². The van der Waals surface area contributed by atoms with Gasteiger partial charge >= 0.3 is 0 Å². The monoisotopic (exact) mass is 220 g/mol. The molecule has 1 aliphatic rings. The molecule has 4 nitrogen and oxygen atoms in total. The Labute approximate surface area is 86.5 Å². The minimum absolute atomic E-state index is 0.131. The molecule has 2 atom stereocenters. The highest BCUT2D eigenvalue weighted by Gasteiger charge is 2.48. The van der Waals surface area contributed by atoms with Crippen molar-refractivity contribution in [1.29, 1.82) is 0 Å². The van der Waals surface area contributed by atoms with Gasteiger partial charge in [0, 0.05) is 12.6 Å². The van der Waals surface area contributed by atoms with E-state index in [1.807, 2.05) is 0 Å². The van der Waals surface area contributed by atoms with Crippen molar-refractivity contribution >= 4 is 10.0 Å². The number of hydrogen-bond donors (Lipinski definition) is 2. The zero-order valence-corrected chi connectivity index (χ0v) is 10.1. The molecule has 1 fully saturated rings. The van der Waals surface area contributed by atoms with Crippen LogP contribution in [0, 0.1) is 5.41 Å². The minimum Gasteiger partial charge on any atom is -0.318 e. The summed E-state index contributed by atoms with van der Waals surface area (Å²) in [4.78, 5) is 0. The highest BCUT2D eigenvalue weighted by Crippen LogP contribution is 2.45. The molecule has 0 heterocycles. The Kier molecular flexibility index (Phi) is 3.23. The first-order valence-electron chi connectivity index (χ1n) is 4.95. The molecule has 0 aromatic carbocycles. The van der Waals surface area contributed by atoms with Crippen molar-refractivity contribution in [2.24, 2.45) is 5.41 Å². The Morgan fingerprint density at radius 3 is 2.36 bits per heavy atom. The molecule has 1 aliphatic carbocycles. The smallest absolute Gasteiger partial charge is 0.215 e. The molecule has 0 aromatic rings. The van der Waals surface area contributed by atoms with E-state index in [4.69, 9.17) is 0 Å². The van der Waals surface area contributed by atoms with E-state index in [-0.39, 0.29) is 16.7 Å². The predicted molar refractivity (Wildman–Crippen MR) is 57.6 cm³/mol. The average Bonchev–Trinajstić information content (AvgIpc) is 2.57. The fourth-order valence-electron chi connectivity index (χ4n) is 1.38. The van der Waals surface area contributed by atoms with E-state index in [2.05, 4.69) is 23.9 Å². The van der Waals surface area contributed by atoms with Gasteiger partial charge in [-0.15, -0.1) is 0 Å². The third-order valence-electron chi connectivity index (χ3n) is 2.84. The van der Waals surface area contributed by atoms with Crippen LogP contribution in [0.3, 0.4) is 0 Å². The zero-order chi connectivity index (χ0) is 11.0. The van der Waals surface area contributed by atoms with Gasteiger partial charge in [-0.1, -0.05) is 13.8 Å². The van der Waals surface area contributed by atoms with E-state index in [9.17, 15) is 8.42 Å². The highest BCUT2D eigenvalue weighted by molar-refractivity contribution is 7.90. The number of nitrogens with one attached hydrogen (secondary N) is 2. The van der Waals surface area contributed by atoms with Gasteiger partial charge in [-0.25, -0.2) is 13.1 Å². The van der Waals surface area contributed by atoms with Crippen LogP contribution in [0.15, 0.2) is 0 Å². The normalized spacial score (nSPS) is 27.3. The Hall–Kier alpha value is -0.130. The van der Waals surface area contributed by atoms with Crippen molar-refractivity contribution in [3.63, 3.8) is 0 Å². The lowest BCUT2D eigenvalue weighted by atomic mass is 10.2. The van der Waals surface area contributed by atoms with Crippen molar-refractivity contribution in [3.8, 4) is 0 Å². The van der Waals surface area contributed by atoms with Crippen LogP contribution in [0.4, 0.5) is 0 Å². The van der Waals surface area contributed by atoms with Crippen LogP contribution in [0.25, 0.3) is 0 Å². The van der Waals surface area contributed by atoms with Crippen LogP contribution in [-0.2, 0) is 10.0 Å². The van der Waals surface area contributed by atoms with Gasteiger partial charge in [0.1, 0.15) is 0 Å². The predicted octanol–water partition coefficient (Wildman–Crippen LogP) is 0.312. The standard InChI is InChI=1S/C9H20N2O2S/c1-7(6-10-4)14(12,13)11-8-5-9(8,2)3/h7-8,10-11H,5-6H2,1-4H3. The average molecular weight is 220 g/mol. The van der Waals surface area contributed by atoms with Crippen molar-refractivity contribution in [2.45, 2.75) is 38.5 Å². The zero-order valence-electron chi connectivity index (χ0n) is 9.29. The van der Waals surface area contributed by atoms with Gasteiger partial charge in [0.15, 0.2) is 0 Å². The second-order valence-corrected chi connectivity index (χ2v) is 6.91. The molecule has 14 heavy (non-hydrogen) atoms. The fraction of sp³-hybridized carbons (Fsp3) is 1.00. The molecule has 0 saturated heterocycles. The van der Waals surface area contributed by atoms with Crippen LogP contribution < -0.4 is 10.0 Å². The fourth-order valence-corrected chi connectivity index (χ4v) is 2.80. The third-order valence-corrected chi connectivity index (χ3v) is 4.68. The molecule has 0 bridgehead atoms. The van der Waals surface area contributed by atoms with Gasteiger partial charge in [0.05, 0.1) is 5.25 Å². The molecule has 0 spiro atoms. The quantitative estimate of drug-likeness (QED) is 0.701. The first-order chi connectivity index (χ1) is 6.29. The molecule has 84 valence electrons. The summed E-state index contributed by atoms with van der Waals surface area (Å²) in [7, 11) is -1.39. The first-order valence-corrected chi connectivity index (χ1v) is 6.50. The van der Waals surface area contributed by atoms with E-state index < -0.39 is 10.0 Å². The molecule has 5 heteroatoms. The van der Waals surface area contributed by atoms with Crippen molar-refractivity contribution in [2.75, 3.05) is 13.6 Å². The highest BCUT2D eigenvalue weighted by atomic mass is 32.2. The minimum atomic E-state index is -3.14. The van der Waals surface area contributed by atoms with Crippen LogP contribution in [-0.4, -0.2) is 33.3 Å². The first kappa shape index (κ1) is 11.9. The Balaban J connectivity index is 2.51. The van der Waals surface area contributed by atoms with Crippen LogP contribution in [0.2, 0.25) is 0 Å². The van der Waals surface area contributed by atoms with Crippen molar-refractivity contribution in [3.05, 3.63) is 0 Å². The van der Waals surface area contributed by atoms with Crippen LogP contribution >= 0.6 is 0 Å². The molecule has 0 radical (unpaired) electrons. The van der Waals surface area contributed by atoms with E-state index >= 15 is 0 Å². The lowest BCUT2D eigenvalue weighted by molar-refractivity contribution is 0.542. The Bertz CT molecular complexity index is 298. The molecule has 2 N–H and O–H groups in total. The maximum absolute atomic E-state index is 11.7. The lowest BCUT2D eigenvalue weighted by Crippen LogP contribution is -2.40. The molecule has 0 amide bonds. The largest absolute Gasteiger partial charge is 0.318 e. The molecule has 0 aliphatic heterocycles. The Morgan fingerprint density at radius 2 is 2.00 bits per heavy atom.